The fourth-order valence-corrected chi connectivity index (χ4v) is 3.44. The Morgan fingerprint density at radius 3 is 2.46 bits per heavy atom. The number of amides is 1. The molecule has 144 valence electrons. The van der Waals surface area contributed by atoms with Gasteiger partial charge in [0.25, 0.3) is 5.89 Å². The molecule has 0 saturated carbocycles. The van der Waals surface area contributed by atoms with Crippen LogP contribution in [0.2, 0.25) is 0 Å². The van der Waals surface area contributed by atoms with Gasteiger partial charge in [-0.05, 0) is 17.7 Å². The number of carbonyl (C=O) groups excluding carboxylic acids is 1. The molecule has 3 aromatic rings. The van der Waals surface area contributed by atoms with Crippen LogP contribution in [0.1, 0.15) is 17.8 Å². The minimum atomic E-state index is 0.197. The van der Waals surface area contributed by atoms with E-state index in [1.807, 2.05) is 41.3 Å². The van der Waals surface area contributed by atoms with Crippen LogP contribution in [0.4, 0.5) is 0 Å². The number of hydrogen-bond donors (Lipinski definition) is 0. The fraction of sp³-hybridized carbons (Fsp3) is 0.318. The van der Waals surface area contributed by atoms with Crippen molar-refractivity contribution in [3.63, 3.8) is 0 Å². The lowest BCUT2D eigenvalue weighted by Crippen LogP contribution is -2.34. The predicted molar refractivity (Wildman–Crippen MR) is 106 cm³/mol. The first-order chi connectivity index (χ1) is 13.8. The zero-order chi connectivity index (χ0) is 19.2. The topological polar surface area (TPSA) is 62.5 Å². The van der Waals surface area contributed by atoms with Gasteiger partial charge in [0.15, 0.2) is 5.82 Å². The smallest absolute Gasteiger partial charge is 0.257 e. The van der Waals surface area contributed by atoms with Crippen molar-refractivity contribution < 1.29 is 9.32 Å². The minimum absolute atomic E-state index is 0.197. The maximum Gasteiger partial charge on any atom is 0.257 e. The average molecular weight is 376 g/mol. The van der Waals surface area contributed by atoms with Gasteiger partial charge in [0, 0.05) is 51.1 Å². The maximum atomic E-state index is 12.5. The highest BCUT2D eigenvalue weighted by Crippen LogP contribution is 2.16. The molecule has 6 heteroatoms. The average Bonchev–Trinajstić information content (AvgIpc) is 3.15. The normalized spacial score (nSPS) is 15.6. The van der Waals surface area contributed by atoms with E-state index in [9.17, 15) is 4.79 Å². The molecule has 1 amide bonds. The zero-order valence-electron chi connectivity index (χ0n) is 15.8. The Balaban J connectivity index is 1.31. The van der Waals surface area contributed by atoms with Gasteiger partial charge in [-0.2, -0.15) is 4.98 Å². The third kappa shape index (κ3) is 4.64. The van der Waals surface area contributed by atoms with Crippen LogP contribution >= 0.6 is 0 Å². The summed E-state index contributed by atoms with van der Waals surface area (Å²) in [7, 11) is 0. The summed E-state index contributed by atoms with van der Waals surface area (Å²) in [5.41, 5.74) is 2.19. The van der Waals surface area contributed by atoms with Gasteiger partial charge in [0.05, 0.1) is 0 Å². The highest BCUT2D eigenvalue weighted by molar-refractivity contribution is 5.76. The summed E-state index contributed by atoms with van der Waals surface area (Å²) < 4.78 is 5.35. The molecule has 6 nitrogen and oxygen atoms in total. The third-order valence-corrected chi connectivity index (χ3v) is 5.02. The number of carbonyl (C=O) groups is 1. The Morgan fingerprint density at radius 1 is 0.929 bits per heavy atom. The molecule has 2 heterocycles. The molecule has 1 aromatic heterocycles. The molecule has 28 heavy (non-hydrogen) atoms. The Hall–Kier alpha value is -2.99. The predicted octanol–water partition coefficient (Wildman–Crippen LogP) is 3.01. The summed E-state index contributed by atoms with van der Waals surface area (Å²) in [6.07, 6.45) is 1.15. The fourth-order valence-electron chi connectivity index (χ4n) is 3.44. The van der Waals surface area contributed by atoms with Gasteiger partial charge in [0.2, 0.25) is 5.91 Å². The highest BCUT2D eigenvalue weighted by atomic mass is 16.5. The Bertz CT molecular complexity index is 895. The van der Waals surface area contributed by atoms with E-state index in [-0.39, 0.29) is 5.91 Å². The molecule has 0 spiro atoms. The second-order valence-corrected chi connectivity index (χ2v) is 7.02. The van der Waals surface area contributed by atoms with E-state index < -0.39 is 0 Å². The van der Waals surface area contributed by atoms with Crippen molar-refractivity contribution in [1.29, 1.82) is 0 Å². The van der Waals surface area contributed by atoms with E-state index in [4.69, 9.17) is 4.52 Å². The lowest BCUT2D eigenvalue weighted by Gasteiger charge is -2.21. The van der Waals surface area contributed by atoms with Crippen LogP contribution in [0.5, 0.6) is 0 Å². The number of benzene rings is 2. The molecule has 4 rings (SSSR count). The van der Waals surface area contributed by atoms with Gasteiger partial charge in [-0.3, -0.25) is 9.69 Å². The van der Waals surface area contributed by atoms with Crippen LogP contribution in [0.25, 0.3) is 11.5 Å². The molecule has 1 aliphatic heterocycles. The molecular formula is C22H24N4O2. The largest absolute Gasteiger partial charge is 0.341 e. The van der Waals surface area contributed by atoms with E-state index in [1.165, 1.54) is 5.56 Å². The lowest BCUT2D eigenvalue weighted by atomic mass is 10.2. The highest BCUT2D eigenvalue weighted by Gasteiger charge is 2.21. The van der Waals surface area contributed by atoms with Crippen molar-refractivity contribution in [2.45, 2.75) is 19.4 Å². The Labute approximate surface area is 164 Å². The van der Waals surface area contributed by atoms with Crippen LogP contribution in [0.15, 0.2) is 65.2 Å². The molecule has 1 fully saturated rings. The Kier molecular flexibility index (Phi) is 5.77. The van der Waals surface area contributed by atoms with E-state index in [1.54, 1.807) is 0 Å². The summed E-state index contributed by atoms with van der Waals surface area (Å²) in [4.78, 5) is 21.2. The maximum absolute atomic E-state index is 12.5. The van der Waals surface area contributed by atoms with Crippen LogP contribution in [-0.2, 0) is 17.8 Å². The van der Waals surface area contributed by atoms with Gasteiger partial charge >= 0.3 is 0 Å². The van der Waals surface area contributed by atoms with Gasteiger partial charge in [0.1, 0.15) is 0 Å². The van der Waals surface area contributed by atoms with Gasteiger partial charge in [-0.1, -0.05) is 53.7 Å². The summed E-state index contributed by atoms with van der Waals surface area (Å²) in [5.74, 6) is 1.35. The van der Waals surface area contributed by atoms with Crippen molar-refractivity contribution in [2.75, 3.05) is 26.2 Å². The first kappa shape index (κ1) is 18.4. The van der Waals surface area contributed by atoms with Crippen LogP contribution < -0.4 is 0 Å². The second-order valence-electron chi connectivity index (χ2n) is 7.02. The molecule has 1 saturated heterocycles. The Morgan fingerprint density at radius 2 is 1.68 bits per heavy atom. The van der Waals surface area contributed by atoms with Crippen LogP contribution in [-0.4, -0.2) is 52.0 Å². The van der Waals surface area contributed by atoms with Crippen molar-refractivity contribution in [3.8, 4) is 11.5 Å². The van der Waals surface area contributed by atoms with E-state index in [0.717, 1.165) is 31.7 Å². The first-order valence-electron chi connectivity index (χ1n) is 9.70. The summed E-state index contributed by atoms with van der Waals surface area (Å²) in [5, 5.41) is 4.06. The van der Waals surface area contributed by atoms with E-state index in [0.29, 0.717) is 31.1 Å². The van der Waals surface area contributed by atoms with Gasteiger partial charge in [-0.15, -0.1) is 0 Å². The molecule has 0 bridgehead atoms. The molecule has 1 aliphatic rings. The lowest BCUT2D eigenvalue weighted by molar-refractivity contribution is -0.130. The summed E-state index contributed by atoms with van der Waals surface area (Å²) >= 11 is 0. The minimum Gasteiger partial charge on any atom is -0.341 e. The monoisotopic (exact) mass is 376 g/mol. The van der Waals surface area contributed by atoms with Crippen molar-refractivity contribution in [1.82, 2.24) is 19.9 Å². The van der Waals surface area contributed by atoms with Gasteiger partial charge in [-0.25, -0.2) is 0 Å². The molecule has 0 N–H and O–H groups in total. The molecule has 0 radical (unpaired) electrons. The molecule has 2 aromatic carbocycles. The SMILES string of the molecule is O=C1CCN(Cc2ccccc2)CCN1CCc1noc(-c2ccccc2)n1. The van der Waals surface area contributed by atoms with Crippen LogP contribution in [0, 0.1) is 0 Å². The standard InChI is InChI=1S/C22H24N4O2/c27-21-12-13-25(17-18-7-3-1-4-8-18)15-16-26(21)14-11-20-23-22(28-24-20)19-9-5-2-6-10-19/h1-10H,11-17H2. The molecular weight excluding hydrogens is 352 g/mol. The second kappa shape index (κ2) is 8.80. The van der Waals surface area contributed by atoms with Crippen molar-refractivity contribution in [2.24, 2.45) is 0 Å². The molecule has 0 aliphatic carbocycles. The van der Waals surface area contributed by atoms with E-state index in [2.05, 4.69) is 39.3 Å². The number of rotatable bonds is 6. The summed E-state index contributed by atoms with van der Waals surface area (Å²) in [6.45, 7) is 3.90. The van der Waals surface area contributed by atoms with Gasteiger partial charge < -0.3 is 9.42 Å². The van der Waals surface area contributed by atoms with E-state index >= 15 is 0 Å². The third-order valence-electron chi connectivity index (χ3n) is 5.02. The number of hydrogen-bond acceptors (Lipinski definition) is 5. The quantitative estimate of drug-likeness (QED) is 0.662. The molecule has 0 unspecified atom stereocenters. The summed E-state index contributed by atoms with van der Waals surface area (Å²) in [6, 6.07) is 20.1. The molecule has 0 atom stereocenters. The van der Waals surface area contributed by atoms with Crippen molar-refractivity contribution in [3.05, 3.63) is 72.1 Å². The van der Waals surface area contributed by atoms with Crippen LogP contribution in [0.3, 0.4) is 0 Å². The number of aromatic nitrogens is 2. The zero-order valence-corrected chi connectivity index (χ0v) is 15.8. The van der Waals surface area contributed by atoms with Crippen molar-refractivity contribution >= 4 is 5.91 Å². The number of nitrogens with zero attached hydrogens (tertiary/aromatic N) is 4. The first-order valence-corrected chi connectivity index (χ1v) is 9.70.